The van der Waals surface area contributed by atoms with Gasteiger partial charge in [-0.05, 0) is 25.0 Å². The highest BCUT2D eigenvalue weighted by atomic mass is 32.2. The first-order chi connectivity index (χ1) is 9.02. The molecule has 1 aromatic rings. The molecule has 1 aromatic carbocycles. The highest BCUT2D eigenvalue weighted by Gasteiger charge is 2.38. The molecule has 0 amide bonds. The number of nitrogens with zero attached hydrogens (tertiary/aromatic N) is 2. The molecule has 19 heavy (non-hydrogen) atoms. The molecule has 2 rings (SSSR count). The van der Waals surface area contributed by atoms with Crippen LogP contribution in [0.25, 0.3) is 0 Å². The lowest BCUT2D eigenvalue weighted by Crippen LogP contribution is -2.33. The van der Waals surface area contributed by atoms with E-state index in [1.807, 2.05) is 0 Å². The summed E-state index contributed by atoms with van der Waals surface area (Å²) < 4.78 is 39.8. The van der Waals surface area contributed by atoms with E-state index in [4.69, 9.17) is 5.26 Å². The van der Waals surface area contributed by atoms with Crippen LogP contribution in [0.3, 0.4) is 0 Å². The van der Waals surface area contributed by atoms with Gasteiger partial charge in [0, 0.05) is 12.6 Å². The summed E-state index contributed by atoms with van der Waals surface area (Å²) in [6.45, 7) is 3.69. The number of benzene rings is 1. The summed E-state index contributed by atoms with van der Waals surface area (Å²) in [5, 5.41) is 8.94. The van der Waals surface area contributed by atoms with Crippen molar-refractivity contribution in [1.82, 2.24) is 4.31 Å². The van der Waals surface area contributed by atoms with Crippen LogP contribution in [0, 0.1) is 17.1 Å². The standard InChI is InChI=1S/C13H13FN2O2S/c1-2-8-16(10-6-7-10)19(17,18)13-5-3-4-12(14)11(13)9-15/h2-5,10H,1,6-8H2. The van der Waals surface area contributed by atoms with Crippen molar-refractivity contribution < 1.29 is 12.8 Å². The minimum atomic E-state index is -3.87. The predicted molar refractivity (Wildman–Crippen MR) is 68.2 cm³/mol. The summed E-state index contributed by atoms with van der Waals surface area (Å²) in [5.41, 5.74) is -0.433. The van der Waals surface area contributed by atoms with E-state index in [9.17, 15) is 12.8 Å². The Hall–Kier alpha value is -1.71. The van der Waals surface area contributed by atoms with Crippen molar-refractivity contribution in [3.8, 4) is 6.07 Å². The molecule has 0 unspecified atom stereocenters. The lowest BCUT2D eigenvalue weighted by molar-refractivity contribution is 0.435. The van der Waals surface area contributed by atoms with Gasteiger partial charge >= 0.3 is 0 Å². The van der Waals surface area contributed by atoms with Crippen molar-refractivity contribution in [1.29, 1.82) is 5.26 Å². The molecule has 0 N–H and O–H groups in total. The van der Waals surface area contributed by atoms with Gasteiger partial charge < -0.3 is 0 Å². The number of sulfonamides is 1. The van der Waals surface area contributed by atoms with Crippen LogP contribution in [0.15, 0.2) is 35.7 Å². The van der Waals surface area contributed by atoms with Crippen LogP contribution < -0.4 is 0 Å². The van der Waals surface area contributed by atoms with E-state index in [1.165, 1.54) is 22.5 Å². The Bertz CT molecular complexity index is 645. The van der Waals surface area contributed by atoms with Crippen LogP contribution in [-0.4, -0.2) is 25.3 Å². The monoisotopic (exact) mass is 280 g/mol. The van der Waals surface area contributed by atoms with E-state index >= 15 is 0 Å². The lowest BCUT2D eigenvalue weighted by atomic mass is 10.2. The van der Waals surface area contributed by atoms with Crippen LogP contribution in [-0.2, 0) is 10.0 Å². The molecule has 0 radical (unpaired) electrons. The van der Waals surface area contributed by atoms with Crippen molar-refractivity contribution in [2.24, 2.45) is 0 Å². The van der Waals surface area contributed by atoms with E-state index < -0.39 is 21.4 Å². The first kappa shape index (κ1) is 13.7. The van der Waals surface area contributed by atoms with Crippen molar-refractivity contribution in [2.75, 3.05) is 6.54 Å². The molecular weight excluding hydrogens is 267 g/mol. The van der Waals surface area contributed by atoms with Gasteiger partial charge in [0.1, 0.15) is 22.3 Å². The molecule has 6 heteroatoms. The highest BCUT2D eigenvalue weighted by molar-refractivity contribution is 7.89. The molecule has 0 saturated heterocycles. The molecule has 1 fully saturated rings. The van der Waals surface area contributed by atoms with Crippen LogP contribution in [0.5, 0.6) is 0 Å². The van der Waals surface area contributed by atoms with Crippen molar-refractivity contribution in [3.63, 3.8) is 0 Å². The second kappa shape index (κ2) is 5.11. The molecular formula is C13H13FN2O2S. The van der Waals surface area contributed by atoms with E-state index in [1.54, 1.807) is 6.07 Å². The first-order valence-corrected chi connectivity index (χ1v) is 7.27. The maximum atomic E-state index is 13.5. The fraction of sp³-hybridized carbons (Fsp3) is 0.308. The van der Waals surface area contributed by atoms with Crippen LogP contribution in [0.4, 0.5) is 4.39 Å². The van der Waals surface area contributed by atoms with Gasteiger partial charge in [-0.25, -0.2) is 12.8 Å². The minimum absolute atomic E-state index is 0.0715. The summed E-state index contributed by atoms with van der Waals surface area (Å²) in [6.07, 6.45) is 3.05. The van der Waals surface area contributed by atoms with Crippen molar-refractivity contribution >= 4 is 10.0 Å². The first-order valence-electron chi connectivity index (χ1n) is 5.83. The largest absolute Gasteiger partial charge is 0.245 e. The van der Waals surface area contributed by atoms with Crippen molar-refractivity contribution in [2.45, 2.75) is 23.8 Å². The highest BCUT2D eigenvalue weighted by Crippen LogP contribution is 2.33. The molecule has 0 atom stereocenters. The van der Waals surface area contributed by atoms with Crippen LogP contribution in [0.1, 0.15) is 18.4 Å². The van der Waals surface area contributed by atoms with Crippen LogP contribution >= 0.6 is 0 Å². The molecule has 0 spiro atoms. The minimum Gasteiger partial charge on any atom is -0.207 e. The third-order valence-electron chi connectivity index (χ3n) is 2.94. The van der Waals surface area contributed by atoms with Crippen molar-refractivity contribution in [3.05, 3.63) is 42.2 Å². The summed E-state index contributed by atoms with van der Waals surface area (Å²) in [5.74, 6) is -0.821. The fourth-order valence-corrected chi connectivity index (χ4v) is 3.70. The third kappa shape index (κ3) is 2.53. The molecule has 100 valence electrons. The van der Waals surface area contributed by atoms with E-state index in [2.05, 4.69) is 6.58 Å². The average Bonchev–Trinajstić information content (AvgIpc) is 3.19. The predicted octanol–water partition coefficient (Wildman–Crippen LogP) is 2.04. The molecule has 1 saturated carbocycles. The number of hydrogen-bond donors (Lipinski definition) is 0. The number of rotatable bonds is 5. The Morgan fingerprint density at radius 3 is 2.74 bits per heavy atom. The molecule has 0 heterocycles. The second-order valence-corrected chi connectivity index (χ2v) is 6.18. The number of halogens is 1. The van der Waals surface area contributed by atoms with E-state index in [-0.39, 0.29) is 17.5 Å². The summed E-state index contributed by atoms with van der Waals surface area (Å²) in [7, 11) is -3.87. The molecule has 1 aliphatic rings. The smallest absolute Gasteiger partial charge is 0.207 e. The van der Waals surface area contributed by atoms with Gasteiger partial charge in [-0.2, -0.15) is 9.57 Å². The summed E-state index contributed by atoms with van der Waals surface area (Å²) in [6, 6.07) is 5.18. The quantitative estimate of drug-likeness (QED) is 0.775. The summed E-state index contributed by atoms with van der Waals surface area (Å²) >= 11 is 0. The average molecular weight is 280 g/mol. The Labute approximate surface area is 111 Å². The number of nitriles is 1. The van der Waals surface area contributed by atoms with E-state index in [0.29, 0.717) is 0 Å². The summed E-state index contributed by atoms with van der Waals surface area (Å²) in [4.78, 5) is -0.274. The van der Waals surface area contributed by atoms with E-state index in [0.717, 1.165) is 18.9 Å². The molecule has 0 bridgehead atoms. The maximum absolute atomic E-state index is 13.5. The zero-order valence-electron chi connectivity index (χ0n) is 10.2. The normalized spacial score (nSPS) is 15.2. The van der Waals surface area contributed by atoms with Gasteiger partial charge in [-0.3, -0.25) is 0 Å². The topological polar surface area (TPSA) is 61.2 Å². The van der Waals surface area contributed by atoms with Gasteiger partial charge in [0.15, 0.2) is 0 Å². The molecule has 0 aliphatic heterocycles. The molecule has 4 nitrogen and oxygen atoms in total. The second-order valence-electron chi connectivity index (χ2n) is 4.32. The lowest BCUT2D eigenvalue weighted by Gasteiger charge is -2.20. The Balaban J connectivity index is 2.53. The zero-order chi connectivity index (χ0) is 14.0. The zero-order valence-corrected chi connectivity index (χ0v) is 11.0. The Morgan fingerprint density at radius 1 is 1.53 bits per heavy atom. The Morgan fingerprint density at radius 2 is 2.21 bits per heavy atom. The van der Waals surface area contributed by atoms with Crippen LogP contribution in [0.2, 0.25) is 0 Å². The fourth-order valence-electron chi connectivity index (χ4n) is 1.89. The Kier molecular flexibility index (Phi) is 3.69. The van der Waals surface area contributed by atoms with Gasteiger partial charge in [-0.15, -0.1) is 6.58 Å². The molecule has 0 aromatic heterocycles. The van der Waals surface area contributed by atoms with Gasteiger partial charge in [0.05, 0.1) is 0 Å². The van der Waals surface area contributed by atoms with Gasteiger partial charge in [0.25, 0.3) is 0 Å². The molecule has 1 aliphatic carbocycles. The van der Waals surface area contributed by atoms with Gasteiger partial charge in [0.2, 0.25) is 10.0 Å². The third-order valence-corrected chi connectivity index (χ3v) is 4.90. The number of hydrogen-bond acceptors (Lipinski definition) is 3. The maximum Gasteiger partial charge on any atom is 0.245 e. The SMILES string of the molecule is C=CCN(C1CC1)S(=O)(=O)c1cccc(F)c1C#N. The van der Waals surface area contributed by atoms with Gasteiger partial charge in [-0.1, -0.05) is 12.1 Å².